The second-order valence-corrected chi connectivity index (χ2v) is 11.2. The highest BCUT2D eigenvalue weighted by Gasteiger charge is 2.28. The molecule has 2 heterocycles. The second-order valence-electron chi connectivity index (χ2n) is 11.2. The van der Waals surface area contributed by atoms with E-state index in [1.807, 2.05) is 43.0 Å². The summed E-state index contributed by atoms with van der Waals surface area (Å²) in [4.78, 5) is 38.6. The van der Waals surface area contributed by atoms with Crippen molar-refractivity contribution >= 4 is 18.0 Å². The van der Waals surface area contributed by atoms with E-state index >= 15 is 0 Å². The Hall–Kier alpha value is -3.74. The molecule has 0 radical (unpaired) electrons. The van der Waals surface area contributed by atoms with Gasteiger partial charge in [0.25, 0.3) is 0 Å². The third-order valence-electron chi connectivity index (χ3n) is 7.50. The summed E-state index contributed by atoms with van der Waals surface area (Å²) < 4.78 is 24.7. The van der Waals surface area contributed by atoms with Gasteiger partial charge < -0.3 is 34.8 Å². The molecule has 0 saturated carbocycles. The molecule has 2 aliphatic rings. The topological polar surface area (TPSA) is 132 Å². The summed E-state index contributed by atoms with van der Waals surface area (Å²) in [6.45, 7) is 12.8. The van der Waals surface area contributed by atoms with Gasteiger partial charge in [-0.2, -0.15) is 0 Å². The normalized spacial score (nSPS) is 16.1. The predicted octanol–water partition coefficient (Wildman–Crippen LogP) is 3.67. The molecule has 2 amide bonds. The van der Waals surface area contributed by atoms with Crippen molar-refractivity contribution in [2.45, 2.75) is 58.3 Å². The number of carboxylic acids is 2. The van der Waals surface area contributed by atoms with Crippen molar-refractivity contribution in [2.24, 2.45) is 0 Å². The van der Waals surface area contributed by atoms with E-state index in [-0.39, 0.29) is 24.0 Å². The van der Waals surface area contributed by atoms with Gasteiger partial charge in [-0.1, -0.05) is 24.3 Å². The summed E-state index contributed by atoms with van der Waals surface area (Å²) in [7, 11) is 0. The molecule has 2 aliphatic heterocycles. The predicted molar refractivity (Wildman–Crippen MR) is 163 cm³/mol. The van der Waals surface area contributed by atoms with Gasteiger partial charge in [-0.25, -0.2) is 18.8 Å². The molecule has 0 spiro atoms. The van der Waals surface area contributed by atoms with Crippen molar-refractivity contribution in [1.82, 2.24) is 20.0 Å². The number of morpholine rings is 1. The number of piperidine rings is 1. The number of rotatable bonds is 11. The van der Waals surface area contributed by atoms with Crippen LogP contribution in [0.1, 0.15) is 44.2 Å². The summed E-state index contributed by atoms with van der Waals surface area (Å²) in [5.41, 5.74) is 1.95. The molecule has 242 valence electrons. The first kappa shape index (κ1) is 34.7. The average molecular weight is 617 g/mol. The Kier molecular flexibility index (Phi) is 14.3. The standard InChI is InChI=1S/C30H43FN4O3.C2H2O4/c1-24(2)38-29-10-6-25(7-11-29)22-32-30(36)35(23-26-4-8-27(31)9-5-26)28-12-16-33(17-13-28)14-3-15-34-18-20-37-21-19-34;3-1(4)2(5)6/h4-11,24,28H,3,12-23H2,1-2H3,(H,32,36);(H,3,4)(H,5,6). The molecule has 3 N–H and O–H groups in total. The minimum absolute atomic E-state index is 0.0809. The van der Waals surface area contributed by atoms with Gasteiger partial charge in [-0.3, -0.25) is 4.90 Å². The number of ether oxygens (including phenoxy) is 2. The molecule has 0 atom stereocenters. The summed E-state index contributed by atoms with van der Waals surface area (Å²) in [5.74, 6) is -3.09. The number of likely N-dealkylation sites (tertiary alicyclic amines) is 1. The largest absolute Gasteiger partial charge is 0.491 e. The first-order valence-electron chi connectivity index (χ1n) is 15.1. The number of halogens is 1. The summed E-state index contributed by atoms with van der Waals surface area (Å²) in [5, 5.41) is 17.9. The highest BCUT2D eigenvalue weighted by atomic mass is 19.1. The van der Waals surface area contributed by atoms with E-state index in [4.69, 9.17) is 29.3 Å². The third kappa shape index (κ3) is 12.5. The van der Waals surface area contributed by atoms with Gasteiger partial charge in [-0.15, -0.1) is 0 Å². The van der Waals surface area contributed by atoms with Crippen LogP contribution in [0.2, 0.25) is 0 Å². The van der Waals surface area contributed by atoms with Crippen LogP contribution in [0.3, 0.4) is 0 Å². The zero-order chi connectivity index (χ0) is 31.9. The molecule has 2 aromatic carbocycles. The van der Waals surface area contributed by atoms with Crippen molar-refractivity contribution in [3.05, 3.63) is 65.5 Å². The van der Waals surface area contributed by atoms with E-state index in [1.165, 1.54) is 12.1 Å². The molecule has 0 unspecified atom stereocenters. The van der Waals surface area contributed by atoms with E-state index in [1.54, 1.807) is 12.1 Å². The number of hydrogen-bond acceptors (Lipinski definition) is 7. The Morgan fingerprint density at radius 2 is 1.45 bits per heavy atom. The van der Waals surface area contributed by atoms with E-state index in [0.717, 1.165) is 88.6 Å². The number of carboxylic acid groups (broad SMARTS) is 2. The van der Waals surface area contributed by atoms with Gasteiger partial charge >= 0.3 is 18.0 Å². The van der Waals surface area contributed by atoms with Crippen molar-refractivity contribution < 1.29 is 38.5 Å². The molecule has 0 aliphatic carbocycles. The van der Waals surface area contributed by atoms with E-state index in [2.05, 4.69) is 15.1 Å². The van der Waals surface area contributed by atoms with Crippen LogP contribution in [-0.2, 0) is 27.4 Å². The molecule has 4 rings (SSSR count). The fourth-order valence-electron chi connectivity index (χ4n) is 5.19. The molecule has 0 aromatic heterocycles. The summed E-state index contributed by atoms with van der Waals surface area (Å²) in [6.07, 6.45) is 3.16. The van der Waals surface area contributed by atoms with Crippen molar-refractivity contribution in [3.63, 3.8) is 0 Å². The number of benzene rings is 2. The third-order valence-corrected chi connectivity index (χ3v) is 7.50. The number of carbonyl (C=O) groups is 3. The number of aliphatic carboxylic acids is 2. The Bertz CT molecular complexity index is 1150. The summed E-state index contributed by atoms with van der Waals surface area (Å²) >= 11 is 0. The van der Waals surface area contributed by atoms with Crippen LogP contribution >= 0.6 is 0 Å². The van der Waals surface area contributed by atoms with Crippen LogP contribution in [0.15, 0.2) is 48.5 Å². The average Bonchev–Trinajstić information content (AvgIpc) is 3.01. The lowest BCUT2D eigenvalue weighted by Crippen LogP contribution is -2.50. The molecule has 2 fully saturated rings. The maximum absolute atomic E-state index is 13.5. The monoisotopic (exact) mass is 616 g/mol. The van der Waals surface area contributed by atoms with Crippen LogP contribution in [-0.4, -0.2) is 108 Å². The van der Waals surface area contributed by atoms with Crippen LogP contribution in [0.25, 0.3) is 0 Å². The molecular weight excluding hydrogens is 571 g/mol. The number of amides is 2. The lowest BCUT2D eigenvalue weighted by molar-refractivity contribution is -0.159. The molecule has 44 heavy (non-hydrogen) atoms. The molecule has 0 bridgehead atoms. The van der Waals surface area contributed by atoms with Crippen LogP contribution in [0.5, 0.6) is 5.75 Å². The van der Waals surface area contributed by atoms with E-state index in [9.17, 15) is 9.18 Å². The number of hydrogen-bond donors (Lipinski definition) is 3. The molecule has 2 saturated heterocycles. The fourth-order valence-corrected chi connectivity index (χ4v) is 5.19. The first-order valence-corrected chi connectivity index (χ1v) is 15.1. The minimum Gasteiger partial charge on any atom is -0.491 e. The zero-order valence-electron chi connectivity index (χ0n) is 25.6. The number of urea groups is 1. The van der Waals surface area contributed by atoms with Gasteiger partial charge in [-0.05, 0) is 81.6 Å². The van der Waals surface area contributed by atoms with Gasteiger partial charge in [0.15, 0.2) is 0 Å². The lowest BCUT2D eigenvalue weighted by Gasteiger charge is -2.39. The van der Waals surface area contributed by atoms with Gasteiger partial charge in [0, 0.05) is 45.3 Å². The smallest absolute Gasteiger partial charge is 0.414 e. The lowest BCUT2D eigenvalue weighted by atomic mass is 10.0. The van der Waals surface area contributed by atoms with E-state index in [0.29, 0.717) is 13.1 Å². The molecule has 11 nitrogen and oxygen atoms in total. The van der Waals surface area contributed by atoms with Gasteiger partial charge in [0.1, 0.15) is 11.6 Å². The first-order chi connectivity index (χ1) is 21.1. The quantitative estimate of drug-likeness (QED) is 0.324. The Balaban J connectivity index is 0.000000801. The van der Waals surface area contributed by atoms with Crippen molar-refractivity contribution in [1.29, 1.82) is 0 Å². The van der Waals surface area contributed by atoms with Crippen LogP contribution in [0, 0.1) is 5.82 Å². The maximum Gasteiger partial charge on any atom is 0.414 e. The summed E-state index contributed by atoms with van der Waals surface area (Å²) in [6, 6.07) is 14.4. The highest BCUT2D eigenvalue weighted by molar-refractivity contribution is 6.27. The molecular formula is C32H45FN4O7. The van der Waals surface area contributed by atoms with E-state index < -0.39 is 11.9 Å². The minimum atomic E-state index is -1.82. The second kappa shape index (κ2) is 18.2. The number of carbonyl (C=O) groups excluding carboxylic acids is 1. The maximum atomic E-state index is 13.5. The molecule has 12 heteroatoms. The van der Waals surface area contributed by atoms with Crippen molar-refractivity contribution in [2.75, 3.05) is 52.5 Å². The van der Waals surface area contributed by atoms with Crippen LogP contribution < -0.4 is 10.1 Å². The SMILES string of the molecule is CC(C)Oc1ccc(CNC(=O)N(Cc2ccc(F)cc2)C2CCN(CCCN3CCOCC3)CC2)cc1.O=C(O)C(=O)O. The number of nitrogens with one attached hydrogen (secondary N) is 1. The zero-order valence-corrected chi connectivity index (χ0v) is 25.6. The fraction of sp³-hybridized carbons (Fsp3) is 0.531. The van der Waals surface area contributed by atoms with Gasteiger partial charge in [0.2, 0.25) is 0 Å². The Morgan fingerprint density at radius 1 is 0.909 bits per heavy atom. The Labute approximate surface area is 258 Å². The van der Waals surface area contributed by atoms with Crippen molar-refractivity contribution in [3.8, 4) is 5.75 Å². The Morgan fingerprint density at radius 3 is 2.00 bits per heavy atom. The van der Waals surface area contributed by atoms with Gasteiger partial charge in [0.05, 0.1) is 19.3 Å². The molecule has 2 aromatic rings. The van der Waals surface area contributed by atoms with Crippen LogP contribution in [0.4, 0.5) is 9.18 Å². The number of nitrogens with zero attached hydrogens (tertiary/aromatic N) is 3. The highest BCUT2D eigenvalue weighted by Crippen LogP contribution is 2.21.